The maximum absolute atomic E-state index is 13.3. The molecule has 0 amide bonds. The molecular formula is C22H23Cl2N5O3S2. The number of aromatic nitrogens is 2. The summed E-state index contributed by atoms with van der Waals surface area (Å²) in [5.41, 5.74) is 1.01. The van der Waals surface area contributed by atoms with Crippen molar-refractivity contribution in [2.24, 2.45) is 0 Å². The highest BCUT2D eigenvalue weighted by molar-refractivity contribution is 7.86. The zero-order valence-electron chi connectivity index (χ0n) is 18.2. The molecule has 0 unspecified atom stereocenters. The molecule has 2 aromatic heterocycles. The lowest BCUT2D eigenvalue weighted by Gasteiger charge is -2.39. The van der Waals surface area contributed by atoms with Crippen molar-refractivity contribution < 1.29 is 13.2 Å². The predicted molar refractivity (Wildman–Crippen MR) is 134 cm³/mol. The van der Waals surface area contributed by atoms with Crippen molar-refractivity contribution in [3.8, 4) is 0 Å². The van der Waals surface area contributed by atoms with Crippen LogP contribution in [0.1, 0.15) is 39.7 Å². The summed E-state index contributed by atoms with van der Waals surface area (Å²) < 4.78 is 30.6. The molecule has 0 radical (unpaired) electrons. The topological polar surface area (TPSA) is 87.5 Å². The summed E-state index contributed by atoms with van der Waals surface area (Å²) in [7, 11) is -3.43. The zero-order valence-corrected chi connectivity index (χ0v) is 21.3. The van der Waals surface area contributed by atoms with Crippen LogP contribution in [-0.4, -0.2) is 58.9 Å². The van der Waals surface area contributed by atoms with E-state index in [1.54, 1.807) is 28.6 Å². The van der Waals surface area contributed by atoms with E-state index in [9.17, 15) is 13.2 Å². The average molecular weight is 540 g/mol. The van der Waals surface area contributed by atoms with Crippen molar-refractivity contribution in [1.29, 1.82) is 0 Å². The predicted octanol–water partition coefficient (Wildman–Crippen LogP) is 4.29. The van der Waals surface area contributed by atoms with Crippen molar-refractivity contribution in [3.63, 3.8) is 0 Å². The highest BCUT2D eigenvalue weighted by atomic mass is 35.5. The fraction of sp³-hybridized carbons (Fsp3) is 0.364. The number of nitrogens with one attached hydrogen (secondary N) is 1. The van der Waals surface area contributed by atoms with E-state index in [1.165, 1.54) is 20.3 Å². The van der Waals surface area contributed by atoms with Crippen LogP contribution in [0.15, 0.2) is 42.5 Å². The minimum Gasteiger partial charge on any atom is -0.365 e. The lowest BCUT2D eigenvalue weighted by Crippen LogP contribution is -2.53. The third-order valence-corrected chi connectivity index (χ3v) is 9.61. The van der Waals surface area contributed by atoms with Gasteiger partial charge in [0.15, 0.2) is 0 Å². The van der Waals surface area contributed by atoms with Crippen LogP contribution in [0.3, 0.4) is 0 Å². The first-order valence-electron chi connectivity index (χ1n) is 11.0. The molecule has 0 bridgehead atoms. The minimum absolute atomic E-state index is 0.0885. The summed E-state index contributed by atoms with van der Waals surface area (Å²) in [6, 6.07) is 12.4. The molecule has 2 aliphatic heterocycles. The number of hydrogen-bond acceptors (Lipinski definition) is 6. The molecule has 0 atom stereocenters. The summed E-state index contributed by atoms with van der Waals surface area (Å²) in [5.74, 6) is 0.0733. The molecule has 0 saturated carbocycles. The van der Waals surface area contributed by atoms with E-state index in [-0.39, 0.29) is 11.8 Å². The number of carbonyl (C=O) groups excluding carboxylic acids is 1. The molecule has 12 heteroatoms. The van der Waals surface area contributed by atoms with Gasteiger partial charge < -0.3 is 5.32 Å². The van der Waals surface area contributed by atoms with Gasteiger partial charge in [0.25, 0.3) is 16.1 Å². The lowest BCUT2D eigenvalue weighted by atomic mass is 10.00. The Hall–Kier alpha value is -1.95. The van der Waals surface area contributed by atoms with Gasteiger partial charge in [0.1, 0.15) is 5.82 Å². The molecule has 2 fully saturated rings. The van der Waals surface area contributed by atoms with Gasteiger partial charge in [-0.15, -0.1) is 11.3 Å². The molecule has 34 heavy (non-hydrogen) atoms. The minimum atomic E-state index is -3.43. The Balaban J connectivity index is 1.38. The second kappa shape index (κ2) is 9.60. The van der Waals surface area contributed by atoms with Crippen LogP contribution in [-0.2, 0) is 16.8 Å². The number of rotatable bonds is 7. The SMILES string of the molecule is O=C(c1ccccc1Cl)n1nc(C2CN(S(=O)(=O)N3CCCC3)C2)cc1NCc1ccc(Cl)s1. The smallest absolute Gasteiger partial charge is 0.282 e. The van der Waals surface area contributed by atoms with Gasteiger partial charge in [0.05, 0.1) is 27.2 Å². The van der Waals surface area contributed by atoms with Crippen LogP contribution in [0.5, 0.6) is 0 Å². The van der Waals surface area contributed by atoms with Gasteiger partial charge in [0.2, 0.25) is 0 Å². The lowest BCUT2D eigenvalue weighted by molar-refractivity contribution is 0.0946. The van der Waals surface area contributed by atoms with Crippen LogP contribution in [0.25, 0.3) is 0 Å². The first-order chi connectivity index (χ1) is 16.3. The largest absolute Gasteiger partial charge is 0.365 e. The van der Waals surface area contributed by atoms with E-state index in [0.717, 1.165) is 17.7 Å². The molecular weight excluding hydrogens is 517 g/mol. The van der Waals surface area contributed by atoms with Gasteiger partial charge in [-0.3, -0.25) is 4.79 Å². The molecule has 180 valence electrons. The Morgan fingerprint density at radius 2 is 1.82 bits per heavy atom. The number of thiophene rings is 1. The highest BCUT2D eigenvalue weighted by Crippen LogP contribution is 2.33. The molecule has 1 N–H and O–H groups in total. The summed E-state index contributed by atoms with van der Waals surface area (Å²) >= 11 is 13.8. The van der Waals surface area contributed by atoms with Crippen LogP contribution < -0.4 is 5.32 Å². The standard InChI is InChI=1S/C22H23Cl2N5O3S2/c23-18-6-2-1-5-17(18)22(30)29-21(25-12-16-7-8-20(24)33-16)11-19(26-29)15-13-28(14-15)34(31,32)27-9-3-4-10-27/h1-2,5-8,11,15,25H,3-4,9-10,12-14H2. The summed E-state index contributed by atoms with van der Waals surface area (Å²) in [4.78, 5) is 14.3. The zero-order chi connectivity index (χ0) is 23.9. The fourth-order valence-electron chi connectivity index (χ4n) is 4.15. The van der Waals surface area contributed by atoms with Crippen LogP contribution >= 0.6 is 34.5 Å². The first-order valence-corrected chi connectivity index (χ1v) is 13.9. The Bertz CT molecular complexity index is 1310. The Morgan fingerprint density at radius 3 is 2.50 bits per heavy atom. The van der Waals surface area contributed by atoms with Crippen LogP contribution in [0.4, 0.5) is 5.82 Å². The van der Waals surface area contributed by atoms with Crippen molar-refractivity contribution in [2.75, 3.05) is 31.5 Å². The average Bonchev–Trinajstić information content (AvgIpc) is 3.52. The number of benzene rings is 1. The van der Waals surface area contributed by atoms with Crippen molar-refractivity contribution in [1.82, 2.24) is 18.4 Å². The fourth-order valence-corrected chi connectivity index (χ4v) is 7.18. The second-order valence-electron chi connectivity index (χ2n) is 8.34. The molecule has 5 rings (SSSR count). The van der Waals surface area contributed by atoms with Gasteiger partial charge in [-0.2, -0.15) is 26.8 Å². The third kappa shape index (κ3) is 4.62. The van der Waals surface area contributed by atoms with E-state index in [4.69, 9.17) is 23.2 Å². The van der Waals surface area contributed by atoms with E-state index >= 15 is 0 Å². The summed E-state index contributed by atoms with van der Waals surface area (Å²) in [5, 5.41) is 8.18. The molecule has 1 aromatic carbocycles. The van der Waals surface area contributed by atoms with E-state index in [0.29, 0.717) is 59.2 Å². The maximum atomic E-state index is 13.3. The number of carbonyl (C=O) groups is 1. The highest BCUT2D eigenvalue weighted by Gasteiger charge is 2.42. The van der Waals surface area contributed by atoms with Crippen molar-refractivity contribution in [3.05, 3.63) is 68.0 Å². The quantitative estimate of drug-likeness (QED) is 0.483. The number of halogens is 2. The van der Waals surface area contributed by atoms with Gasteiger partial charge in [-0.25, -0.2) is 0 Å². The molecule has 0 spiro atoms. The molecule has 2 saturated heterocycles. The molecule has 3 aromatic rings. The number of anilines is 1. The summed E-state index contributed by atoms with van der Waals surface area (Å²) in [6.45, 7) is 2.31. The van der Waals surface area contributed by atoms with Crippen LogP contribution in [0, 0.1) is 0 Å². The third-order valence-electron chi connectivity index (χ3n) is 6.08. The summed E-state index contributed by atoms with van der Waals surface area (Å²) in [6.07, 6.45) is 1.80. The monoisotopic (exact) mass is 539 g/mol. The van der Waals surface area contributed by atoms with Crippen molar-refractivity contribution >= 4 is 56.5 Å². The van der Waals surface area contributed by atoms with Crippen LogP contribution in [0.2, 0.25) is 9.36 Å². The Kier molecular flexibility index (Phi) is 6.71. The normalized spacial score (nSPS) is 17.7. The first kappa shape index (κ1) is 23.8. The molecule has 2 aliphatic rings. The number of hydrogen-bond donors (Lipinski definition) is 1. The Morgan fingerprint density at radius 1 is 1.09 bits per heavy atom. The molecule has 0 aliphatic carbocycles. The maximum Gasteiger partial charge on any atom is 0.282 e. The van der Waals surface area contributed by atoms with Gasteiger partial charge >= 0.3 is 0 Å². The molecule has 8 nitrogen and oxygen atoms in total. The van der Waals surface area contributed by atoms with E-state index in [1.807, 2.05) is 18.2 Å². The van der Waals surface area contributed by atoms with E-state index in [2.05, 4.69) is 10.4 Å². The van der Waals surface area contributed by atoms with Gasteiger partial charge in [-0.1, -0.05) is 35.3 Å². The van der Waals surface area contributed by atoms with Gasteiger partial charge in [0, 0.05) is 43.0 Å². The number of nitrogens with zero attached hydrogens (tertiary/aromatic N) is 4. The second-order valence-corrected chi connectivity index (χ2v) is 12.5. The molecule has 4 heterocycles. The Labute approximate surface area is 212 Å². The van der Waals surface area contributed by atoms with E-state index < -0.39 is 10.2 Å². The van der Waals surface area contributed by atoms with Crippen molar-refractivity contribution in [2.45, 2.75) is 25.3 Å². The van der Waals surface area contributed by atoms with Gasteiger partial charge in [-0.05, 0) is 37.1 Å².